The van der Waals surface area contributed by atoms with Gasteiger partial charge in [0.2, 0.25) is 0 Å². The number of carbonyl (C=O) groups excluding carboxylic acids is 1. The van der Waals surface area contributed by atoms with Crippen molar-refractivity contribution in [2.75, 3.05) is 0 Å². The molecule has 2 N–H and O–H groups in total. The molecule has 2 rings (SSSR count). The molecule has 1 aromatic rings. The number of aromatic nitrogens is 1. The standard InChI is InChI=1S/C15H23N3O/c19-15(17-12-13-7-6-10-16-11-13)18-14-8-4-2-1-3-5-9-14/h6-7,10-11,14H,1-5,8-9,12H2,(H2,17,18,19). The Bertz CT molecular complexity index is 372. The molecule has 0 bridgehead atoms. The highest BCUT2D eigenvalue weighted by Crippen LogP contribution is 2.16. The summed E-state index contributed by atoms with van der Waals surface area (Å²) in [4.78, 5) is 15.9. The van der Waals surface area contributed by atoms with Crippen LogP contribution >= 0.6 is 0 Å². The second-order valence-corrected chi connectivity index (χ2v) is 5.23. The fourth-order valence-corrected chi connectivity index (χ4v) is 2.52. The summed E-state index contributed by atoms with van der Waals surface area (Å²) >= 11 is 0. The number of amides is 2. The Morgan fingerprint density at radius 2 is 1.95 bits per heavy atom. The van der Waals surface area contributed by atoms with Gasteiger partial charge < -0.3 is 10.6 Å². The van der Waals surface area contributed by atoms with Crippen molar-refractivity contribution in [3.8, 4) is 0 Å². The zero-order valence-electron chi connectivity index (χ0n) is 11.4. The van der Waals surface area contributed by atoms with E-state index in [1.54, 1.807) is 12.4 Å². The molecule has 19 heavy (non-hydrogen) atoms. The third kappa shape index (κ3) is 5.28. The molecule has 1 aromatic heterocycles. The molecule has 4 heteroatoms. The van der Waals surface area contributed by atoms with Crippen LogP contribution in [0.25, 0.3) is 0 Å². The first-order valence-electron chi connectivity index (χ1n) is 7.28. The Morgan fingerprint density at radius 1 is 1.21 bits per heavy atom. The van der Waals surface area contributed by atoms with Gasteiger partial charge in [-0.15, -0.1) is 0 Å². The number of nitrogens with one attached hydrogen (secondary N) is 2. The second-order valence-electron chi connectivity index (χ2n) is 5.23. The smallest absolute Gasteiger partial charge is 0.315 e. The number of pyridine rings is 1. The van der Waals surface area contributed by atoms with Gasteiger partial charge in [-0.05, 0) is 24.5 Å². The highest BCUT2D eigenvalue weighted by atomic mass is 16.2. The van der Waals surface area contributed by atoms with Crippen molar-refractivity contribution in [1.82, 2.24) is 15.6 Å². The largest absolute Gasteiger partial charge is 0.335 e. The Balaban J connectivity index is 1.71. The molecule has 0 spiro atoms. The molecule has 0 radical (unpaired) electrons. The Labute approximate surface area is 115 Å². The normalized spacial score (nSPS) is 17.3. The highest BCUT2D eigenvalue weighted by molar-refractivity contribution is 5.74. The van der Waals surface area contributed by atoms with E-state index in [1.165, 1.54) is 32.1 Å². The van der Waals surface area contributed by atoms with Crippen molar-refractivity contribution >= 4 is 6.03 Å². The van der Waals surface area contributed by atoms with E-state index in [2.05, 4.69) is 15.6 Å². The quantitative estimate of drug-likeness (QED) is 0.878. The molecule has 0 saturated heterocycles. The second kappa shape index (κ2) is 7.77. The van der Waals surface area contributed by atoms with E-state index in [9.17, 15) is 4.79 Å². The molecule has 4 nitrogen and oxygen atoms in total. The van der Waals surface area contributed by atoms with Crippen LogP contribution in [0.15, 0.2) is 24.5 Å². The van der Waals surface area contributed by atoms with E-state index < -0.39 is 0 Å². The minimum Gasteiger partial charge on any atom is -0.335 e. The SMILES string of the molecule is O=C(NCc1cccnc1)NC1CCCCCCC1. The molecule has 0 aliphatic heterocycles. The van der Waals surface area contributed by atoms with Gasteiger partial charge in [0.15, 0.2) is 0 Å². The summed E-state index contributed by atoms with van der Waals surface area (Å²) < 4.78 is 0. The maximum atomic E-state index is 11.8. The minimum absolute atomic E-state index is 0.0607. The van der Waals surface area contributed by atoms with Gasteiger partial charge in [-0.25, -0.2) is 4.79 Å². The summed E-state index contributed by atoms with van der Waals surface area (Å²) in [6.07, 6.45) is 12.1. The van der Waals surface area contributed by atoms with Gasteiger partial charge >= 0.3 is 6.03 Å². The van der Waals surface area contributed by atoms with Crippen LogP contribution in [0.2, 0.25) is 0 Å². The summed E-state index contributed by atoms with van der Waals surface area (Å²) in [5, 5.41) is 5.98. The lowest BCUT2D eigenvalue weighted by molar-refractivity contribution is 0.233. The maximum Gasteiger partial charge on any atom is 0.315 e. The first kappa shape index (κ1) is 13.8. The summed E-state index contributed by atoms with van der Waals surface area (Å²) in [5.74, 6) is 0. The maximum absolute atomic E-state index is 11.8. The number of carbonyl (C=O) groups is 1. The van der Waals surface area contributed by atoms with E-state index >= 15 is 0 Å². The number of rotatable bonds is 3. The van der Waals surface area contributed by atoms with Gasteiger partial charge in [0.05, 0.1) is 0 Å². The van der Waals surface area contributed by atoms with Gasteiger partial charge in [-0.2, -0.15) is 0 Å². The molecule has 104 valence electrons. The van der Waals surface area contributed by atoms with Crippen molar-refractivity contribution in [1.29, 1.82) is 0 Å². The summed E-state index contributed by atoms with van der Waals surface area (Å²) in [7, 11) is 0. The van der Waals surface area contributed by atoms with Gasteiger partial charge in [0.1, 0.15) is 0 Å². The van der Waals surface area contributed by atoms with Crippen LogP contribution in [0.1, 0.15) is 50.5 Å². The molecule has 1 aliphatic carbocycles. The first-order chi connectivity index (χ1) is 9.34. The van der Waals surface area contributed by atoms with Crippen molar-refractivity contribution in [3.63, 3.8) is 0 Å². The molecule has 0 aromatic carbocycles. The van der Waals surface area contributed by atoms with E-state index in [-0.39, 0.29) is 6.03 Å². The fraction of sp³-hybridized carbons (Fsp3) is 0.600. The predicted octanol–water partition coefficient (Wildman–Crippen LogP) is 2.99. The first-order valence-corrected chi connectivity index (χ1v) is 7.28. The van der Waals surface area contributed by atoms with Gasteiger partial charge in [-0.3, -0.25) is 4.98 Å². The van der Waals surface area contributed by atoms with Crippen LogP contribution in [0.4, 0.5) is 4.79 Å². The Hall–Kier alpha value is -1.58. The number of nitrogens with zero attached hydrogens (tertiary/aromatic N) is 1. The molecule has 1 saturated carbocycles. The van der Waals surface area contributed by atoms with Crippen molar-refractivity contribution in [2.24, 2.45) is 0 Å². The molecule has 2 amide bonds. The van der Waals surface area contributed by atoms with Crippen LogP contribution in [-0.2, 0) is 6.54 Å². The monoisotopic (exact) mass is 261 g/mol. The van der Waals surface area contributed by atoms with Crippen molar-refractivity contribution in [2.45, 2.75) is 57.5 Å². The average molecular weight is 261 g/mol. The lowest BCUT2D eigenvalue weighted by atomic mass is 9.97. The van der Waals surface area contributed by atoms with Crippen LogP contribution in [0.3, 0.4) is 0 Å². The third-order valence-electron chi connectivity index (χ3n) is 3.62. The predicted molar refractivity (Wildman–Crippen MR) is 75.7 cm³/mol. The minimum atomic E-state index is -0.0607. The summed E-state index contributed by atoms with van der Waals surface area (Å²) in [6.45, 7) is 0.534. The van der Waals surface area contributed by atoms with Crippen LogP contribution in [-0.4, -0.2) is 17.1 Å². The number of hydrogen-bond acceptors (Lipinski definition) is 2. The van der Waals surface area contributed by atoms with Crippen LogP contribution < -0.4 is 10.6 Å². The van der Waals surface area contributed by atoms with E-state index in [0.29, 0.717) is 12.6 Å². The van der Waals surface area contributed by atoms with Gasteiger partial charge in [0.25, 0.3) is 0 Å². The third-order valence-corrected chi connectivity index (χ3v) is 3.62. The van der Waals surface area contributed by atoms with Crippen molar-refractivity contribution < 1.29 is 4.79 Å². The average Bonchev–Trinajstić information content (AvgIpc) is 2.41. The molecular weight excluding hydrogens is 238 g/mol. The lowest BCUT2D eigenvalue weighted by Crippen LogP contribution is -2.42. The van der Waals surface area contributed by atoms with Gasteiger partial charge in [0, 0.05) is 25.0 Å². The molecule has 1 heterocycles. The van der Waals surface area contributed by atoms with Crippen LogP contribution in [0.5, 0.6) is 0 Å². The van der Waals surface area contributed by atoms with E-state index in [0.717, 1.165) is 18.4 Å². The fourth-order valence-electron chi connectivity index (χ4n) is 2.52. The molecule has 1 aliphatic rings. The Kier molecular flexibility index (Phi) is 5.66. The zero-order valence-corrected chi connectivity index (χ0v) is 11.4. The zero-order chi connectivity index (χ0) is 13.3. The van der Waals surface area contributed by atoms with E-state index in [1.807, 2.05) is 12.1 Å². The highest BCUT2D eigenvalue weighted by Gasteiger charge is 2.13. The topological polar surface area (TPSA) is 54.0 Å². The van der Waals surface area contributed by atoms with E-state index in [4.69, 9.17) is 0 Å². The molecule has 0 atom stereocenters. The Morgan fingerprint density at radius 3 is 2.63 bits per heavy atom. The summed E-state index contributed by atoms with van der Waals surface area (Å²) in [6, 6.07) is 4.12. The number of hydrogen-bond donors (Lipinski definition) is 2. The van der Waals surface area contributed by atoms with Gasteiger partial charge in [-0.1, -0.05) is 38.2 Å². The van der Waals surface area contributed by atoms with Crippen LogP contribution in [0, 0.1) is 0 Å². The lowest BCUT2D eigenvalue weighted by Gasteiger charge is -2.21. The molecule has 0 unspecified atom stereocenters. The molecular formula is C15H23N3O. The van der Waals surface area contributed by atoms with Crippen molar-refractivity contribution in [3.05, 3.63) is 30.1 Å². The number of urea groups is 1. The summed E-state index contributed by atoms with van der Waals surface area (Å²) in [5.41, 5.74) is 1.02. The molecule has 1 fully saturated rings.